The van der Waals surface area contributed by atoms with Crippen molar-refractivity contribution < 1.29 is 14.6 Å². The fourth-order valence-corrected chi connectivity index (χ4v) is 2.58. The summed E-state index contributed by atoms with van der Waals surface area (Å²) in [6, 6.07) is 10.2. The Morgan fingerprint density at radius 2 is 2.10 bits per heavy atom. The zero-order valence-electron chi connectivity index (χ0n) is 12.2. The van der Waals surface area contributed by atoms with E-state index in [4.69, 9.17) is 9.84 Å². The lowest BCUT2D eigenvalue weighted by atomic mass is 9.97. The van der Waals surface area contributed by atoms with Crippen LogP contribution in [0.4, 0.5) is 0 Å². The van der Waals surface area contributed by atoms with Gasteiger partial charge in [-0.2, -0.15) is 0 Å². The average Bonchev–Trinajstić information content (AvgIpc) is 2.41. The number of hydrogen-bond donors (Lipinski definition) is 1. The van der Waals surface area contributed by atoms with Gasteiger partial charge < -0.3 is 9.84 Å². The van der Waals surface area contributed by atoms with E-state index < -0.39 is 5.97 Å². The third kappa shape index (κ3) is 3.81. The first-order valence-corrected chi connectivity index (χ1v) is 7.12. The molecule has 4 nitrogen and oxygen atoms in total. The minimum Gasteiger partial charge on any atom is -0.481 e. The number of rotatable bonds is 5. The van der Waals surface area contributed by atoms with Gasteiger partial charge in [0, 0.05) is 18.5 Å². The van der Waals surface area contributed by atoms with Crippen molar-refractivity contribution in [3.8, 4) is 0 Å². The first-order valence-electron chi connectivity index (χ1n) is 7.12. The number of benzene rings is 1. The van der Waals surface area contributed by atoms with E-state index in [1.54, 1.807) is 0 Å². The molecule has 1 aliphatic rings. The lowest BCUT2D eigenvalue weighted by Crippen LogP contribution is -2.54. The van der Waals surface area contributed by atoms with Gasteiger partial charge in [0.2, 0.25) is 0 Å². The molecule has 2 rings (SSSR count). The normalized spacial score (nSPS) is 22.6. The number of carboxylic acids is 1. The van der Waals surface area contributed by atoms with E-state index in [-0.39, 0.29) is 18.1 Å². The molecule has 1 atom stereocenters. The van der Waals surface area contributed by atoms with Crippen molar-refractivity contribution in [2.45, 2.75) is 38.3 Å². The molecule has 1 aliphatic heterocycles. The molecule has 0 radical (unpaired) electrons. The summed E-state index contributed by atoms with van der Waals surface area (Å²) < 4.78 is 5.98. The number of ether oxygens (including phenoxy) is 1. The quantitative estimate of drug-likeness (QED) is 0.899. The molecule has 0 unspecified atom stereocenters. The highest BCUT2D eigenvalue weighted by molar-refractivity contribution is 5.66. The number of morpholine rings is 1. The second-order valence-electron chi connectivity index (χ2n) is 5.97. The van der Waals surface area contributed by atoms with E-state index in [1.165, 1.54) is 5.56 Å². The van der Waals surface area contributed by atoms with Crippen LogP contribution in [0, 0.1) is 0 Å². The van der Waals surface area contributed by atoms with E-state index in [0.717, 1.165) is 13.1 Å². The highest BCUT2D eigenvalue weighted by Crippen LogP contribution is 2.30. The molecule has 0 aliphatic carbocycles. The van der Waals surface area contributed by atoms with E-state index >= 15 is 0 Å². The minimum absolute atomic E-state index is 0.0379. The number of nitrogens with zero attached hydrogens (tertiary/aromatic N) is 1. The largest absolute Gasteiger partial charge is 0.481 e. The van der Waals surface area contributed by atoms with Gasteiger partial charge in [-0.05, 0) is 32.4 Å². The number of aliphatic carboxylic acids is 1. The summed E-state index contributed by atoms with van der Waals surface area (Å²) in [6.45, 7) is 6.58. The Bertz CT molecular complexity index is 444. The zero-order valence-corrected chi connectivity index (χ0v) is 12.2. The summed E-state index contributed by atoms with van der Waals surface area (Å²) >= 11 is 0. The average molecular weight is 277 g/mol. The van der Waals surface area contributed by atoms with Crippen molar-refractivity contribution in [2.75, 3.05) is 19.7 Å². The van der Waals surface area contributed by atoms with Crippen LogP contribution in [0.15, 0.2) is 30.3 Å². The van der Waals surface area contributed by atoms with Crippen LogP contribution in [0.25, 0.3) is 0 Å². The van der Waals surface area contributed by atoms with Gasteiger partial charge in [-0.15, -0.1) is 0 Å². The molecule has 110 valence electrons. The smallest absolute Gasteiger partial charge is 0.303 e. The Labute approximate surface area is 120 Å². The topological polar surface area (TPSA) is 49.8 Å². The zero-order chi connectivity index (χ0) is 14.6. The molecule has 1 heterocycles. The second kappa shape index (κ2) is 6.37. The Balaban J connectivity index is 1.99. The Morgan fingerprint density at radius 1 is 1.40 bits per heavy atom. The van der Waals surface area contributed by atoms with Crippen LogP contribution in [0.3, 0.4) is 0 Å². The highest BCUT2D eigenvalue weighted by atomic mass is 16.5. The maximum atomic E-state index is 10.6. The highest BCUT2D eigenvalue weighted by Gasteiger charge is 2.35. The molecule has 20 heavy (non-hydrogen) atoms. The molecule has 1 aromatic rings. The van der Waals surface area contributed by atoms with E-state index in [2.05, 4.69) is 30.9 Å². The van der Waals surface area contributed by atoms with Gasteiger partial charge in [-0.1, -0.05) is 30.3 Å². The summed E-state index contributed by atoms with van der Waals surface area (Å²) in [5.41, 5.74) is 1.15. The molecular weight excluding hydrogens is 254 g/mol. The molecule has 0 saturated carbocycles. The van der Waals surface area contributed by atoms with Crippen molar-refractivity contribution in [3.63, 3.8) is 0 Å². The first-order chi connectivity index (χ1) is 9.49. The number of carbonyl (C=O) groups is 1. The van der Waals surface area contributed by atoms with Crippen LogP contribution in [0.2, 0.25) is 0 Å². The van der Waals surface area contributed by atoms with Crippen molar-refractivity contribution >= 4 is 5.97 Å². The van der Waals surface area contributed by atoms with E-state index in [0.29, 0.717) is 13.0 Å². The molecule has 1 saturated heterocycles. The van der Waals surface area contributed by atoms with Crippen LogP contribution < -0.4 is 0 Å². The van der Waals surface area contributed by atoms with E-state index in [1.807, 2.05) is 18.2 Å². The third-order valence-corrected chi connectivity index (χ3v) is 3.87. The predicted octanol–water partition coefficient (Wildman–Crippen LogP) is 2.70. The van der Waals surface area contributed by atoms with Gasteiger partial charge >= 0.3 is 5.97 Å². The summed E-state index contributed by atoms with van der Waals surface area (Å²) in [5, 5.41) is 8.76. The predicted molar refractivity (Wildman–Crippen MR) is 77.7 cm³/mol. The maximum absolute atomic E-state index is 10.6. The fourth-order valence-electron chi connectivity index (χ4n) is 2.58. The van der Waals surface area contributed by atoms with Crippen LogP contribution in [0.5, 0.6) is 0 Å². The SMILES string of the molecule is CC1(C)CO[C@H](c2ccccc2)CN1CCCC(=O)O. The lowest BCUT2D eigenvalue weighted by molar-refractivity contribution is -0.137. The summed E-state index contributed by atoms with van der Waals surface area (Å²) in [7, 11) is 0. The van der Waals surface area contributed by atoms with Crippen molar-refractivity contribution in [2.24, 2.45) is 0 Å². The molecule has 0 amide bonds. The molecule has 0 spiro atoms. The molecule has 0 bridgehead atoms. The van der Waals surface area contributed by atoms with Gasteiger partial charge in [0.25, 0.3) is 0 Å². The van der Waals surface area contributed by atoms with Gasteiger partial charge in [-0.25, -0.2) is 0 Å². The molecule has 1 fully saturated rings. The molecule has 1 N–H and O–H groups in total. The fraction of sp³-hybridized carbons (Fsp3) is 0.562. The van der Waals surface area contributed by atoms with Gasteiger partial charge in [-0.3, -0.25) is 9.69 Å². The Hall–Kier alpha value is -1.39. The summed E-state index contributed by atoms with van der Waals surface area (Å²) in [4.78, 5) is 13.0. The first kappa shape index (κ1) is 15.0. The number of hydrogen-bond acceptors (Lipinski definition) is 3. The second-order valence-corrected chi connectivity index (χ2v) is 5.97. The molecule has 4 heteroatoms. The van der Waals surface area contributed by atoms with Crippen LogP contribution >= 0.6 is 0 Å². The van der Waals surface area contributed by atoms with Crippen molar-refractivity contribution in [1.29, 1.82) is 0 Å². The number of carboxylic acid groups (broad SMARTS) is 1. The Kier molecular flexibility index (Phi) is 4.78. The summed E-state index contributed by atoms with van der Waals surface area (Å²) in [6.07, 6.45) is 0.984. The van der Waals surface area contributed by atoms with E-state index in [9.17, 15) is 4.79 Å². The van der Waals surface area contributed by atoms with Gasteiger partial charge in [0.15, 0.2) is 0 Å². The molecular formula is C16H23NO3. The molecule has 1 aromatic carbocycles. The van der Waals surface area contributed by atoms with Crippen LogP contribution in [-0.4, -0.2) is 41.2 Å². The lowest BCUT2D eigenvalue weighted by Gasteiger charge is -2.45. The monoisotopic (exact) mass is 277 g/mol. The van der Waals surface area contributed by atoms with Gasteiger partial charge in [0.05, 0.1) is 12.7 Å². The molecule has 0 aromatic heterocycles. The minimum atomic E-state index is -0.726. The van der Waals surface area contributed by atoms with Crippen molar-refractivity contribution in [1.82, 2.24) is 4.90 Å². The standard InChI is InChI=1S/C16H23NO3/c1-16(2)12-20-14(13-7-4-3-5-8-13)11-17(16)10-6-9-15(18)19/h3-5,7-8,14H,6,9-12H2,1-2H3,(H,18,19)/t14-/m0/s1. The van der Waals surface area contributed by atoms with Gasteiger partial charge in [0.1, 0.15) is 0 Å². The van der Waals surface area contributed by atoms with Crippen molar-refractivity contribution in [3.05, 3.63) is 35.9 Å². The Morgan fingerprint density at radius 3 is 2.75 bits per heavy atom. The third-order valence-electron chi connectivity index (χ3n) is 3.87. The van der Waals surface area contributed by atoms with Crippen LogP contribution in [0.1, 0.15) is 38.4 Å². The maximum Gasteiger partial charge on any atom is 0.303 e. The van der Waals surface area contributed by atoms with Crippen LogP contribution in [-0.2, 0) is 9.53 Å². The summed E-state index contributed by atoms with van der Waals surface area (Å²) in [5.74, 6) is -0.726.